The Morgan fingerprint density at radius 3 is 2.65 bits per heavy atom. The summed E-state index contributed by atoms with van der Waals surface area (Å²) in [5, 5.41) is 2.59. The lowest BCUT2D eigenvalue weighted by Crippen LogP contribution is -2.33. The third-order valence-corrected chi connectivity index (χ3v) is 2.20. The van der Waals surface area contributed by atoms with Crippen LogP contribution in [0.3, 0.4) is 0 Å². The zero-order valence-electron chi connectivity index (χ0n) is 9.33. The molecule has 0 heterocycles. The predicted molar refractivity (Wildman–Crippen MR) is 61.9 cm³/mol. The van der Waals surface area contributed by atoms with Crippen molar-refractivity contribution in [2.24, 2.45) is 10.7 Å². The van der Waals surface area contributed by atoms with E-state index in [0.717, 1.165) is 19.0 Å². The van der Waals surface area contributed by atoms with Crippen molar-refractivity contribution in [3.05, 3.63) is 24.4 Å². The zero-order valence-corrected chi connectivity index (χ0v) is 9.33. The maximum atomic E-state index is 12.7. The molecule has 17 heavy (non-hydrogen) atoms. The number of aliphatic imine (C=N–C) groups is 1. The van der Waals surface area contributed by atoms with E-state index in [-0.39, 0.29) is 18.2 Å². The molecule has 0 aromatic heterocycles. The van der Waals surface area contributed by atoms with E-state index in [4.69, 9.17) is 5.73 Å². The Hall–Kier alpha value is -1.72. The van der Waals surface area contributed by atoms with Gasteiger partial charge in [0.15, 0.2) is 0 Å². The molecule has 0 spiro atoms. The minimum absolute atomic E-state index is 0.0215. The fraction of sp³-hybridized carbons (Fsp3) is 0.455. The number of carbonyl (C=O) groups excluding carboxylic acids is 1. The van der Waals surface area contributed by atoms with Gasteiger partial charge in [-0.05, 0) is 12.8 Å². The molecule has 0 aromatic rings. The molecule has 0 radical (unpaired) electrons. The SMILES string of the molecule is C=CCN=C(C(=CN)C(=O)NC1CC1)C(F)F. The van der Waals surface area contributed by atoms with E-state index < -0.39 is 18.0 Å². The molecule has 0 aliphatic heterocycles. The molecule has 0 aromatic carbocycles. The average molecular weight is 243 g/mol. The molecule has 6 heteroatoms. The number of halogens is 2. The molecular weight excluding hydrogens is 228 g/mol. The summed E-state index contributed by atoms with van der Waals surface area (Å²) < 4.78 is 25.5. The van der Waals surface area contributed by atoms with Crippen LogP contribution in [0.25, 0.3) is 0 Å². The number of nitrogens with one attached hydrogen (secondary N) is 1. The van der Waals surface area contributed by atoms with Crippen LogP contribution in [0.2, 0.25) is 0 Å². The third-order valence-electron chi connectivity index (χ3n) is 2.20. The minimum atomic E-state index is -2.84. The van der Waals surface area contributed by atoms with Crippen LogP contribution in [-0.2, 0) is 4.79 Å². The van der Waals surface area contributed by atoms with E-state index in [1.807, 2.05) is 0 Å². The van der Waals surface area contributed by atoms with Crippen LogP contribution in [0.5, 0.6) is 0 Å². The molecule has 0 bridgehead atoms. The number of amides is 1. The zero-order chi connectivity index (χ0) is 12.8. The van der Waals surface area contributed by atoms with Crippen LogP contribution in [0.15, 0.2) is 29.4 Å². The van der Waals surface area contributed by atoms with E-state index in [9.17, 15) is 13.6 Å². The van der Waals surface area contributed by atoms with E-state index in [1.54, 1.807) is 0 Å². The topological polar surface area (TPSA) is 67.5 Å². The molecule has 1 fully saturated rings. The molecule has 0 atom stereocenters. The average Bonchev–Trinajstić information content (AvgIpc) is 3.07. The van der Waals surface area contributed by atoms with Crippen LogP contribution < -0.4 is 11.1 Å². The standard InChI is InChI=1S/C11H15F2N3O/c1-2-5-15-9(10(12)13)8(6-14)11(17)16-7-3-4-7/h2,6-7,10H,1,3-5,14H2,(H,16,17). The number of nitrogens with zero attached hydrogens (tertiary/aromatic N) is 1. The highest BCUT2D eigenvalue weighted by Crippen LogP contribution is 2.19. The first-order chi connectivity index (χ1) is 8.10. The van der Waals surface area contributed by atoms with E-state index >= 15 is 0 Å². The molecule has 0 saturated heterocycles. The van der Waals surface area contributed by atoms with Gasteiger partial charge in [0.25, 0.3) is 12.3 Å². The van der Waals surface area contributed by atoms with Crippen LogP contribution in [0, 0.1) is 0 Å². The van der Waals surface area contributed by atoms with Crippen molar-refractivity contribution in [1.29, 1.82) is 0 Å². The first-order valence-corrected chi connectivity index (χ1v) is 5.26. The van der Waals surface area contributed by atoms with Gasteiger partial charge in [-0.15, -0.1) is 6.58 Å². The number of rotatable bonds is 6. The number of carbonyl (C=O) groups is 1. The Morgan fingerprint density at radius 2 is 2.24 bits per heavy atom. The summed E-state index contributed by atoms with van der Waals surface area (Å²) in [5.74, 6) is -0.599. The predicted octanol–water partition coefficient (Wildman–Crippen LogP) is 1.000. The van der Waals surface area contributed by atoms with E-state index in [2.05, 4.69) is 16.9 Å². The monoisotopic (exact) mass is 243 g/mol. The molecule has 0 unspecified atom stereocenters. The number of alkyl halides is 2. The summed E-state index contributed by atoms with van der Waals surface area (Å²) >= 11 is 0. The van der Waals surface area contributed by atoms with Gasteiger partial charge in [0.05, 0.1) is 12.1 Å². The van der Waals surface area contributed by atoms with Gasteiger partial charge in [-0.2, -0.15) is 0 Å². The van der Waals surface area contributed by atoms with Gasteiger partial charge in [-0.3, -0.25) is 9.79 Å². The molecule has 1 aliphatic rings. The number of hydrogen-bond donors (Lipinski definition) is 2. The Bertz CT molecular complexity index is 360. The summed E-state index contributed by atoms with van der Waals surface area (Å²) in [5.41, 5.74) is 4.36. The fourth-order valence-corrected chi connectivity index (χ4v) is 1.20. The second-order valence-corrected chi connectivity index (χ2v) is 3.64. The first kappa shape index (κ1) is 13.3. The maximum absolute atomic E-state index is 12.7. The van der Waals surface area contributed by atoms with Crippen molar-refractivity contribution in [2.45, 2.75) is 25.3 Å². The van der Waals surface area contributed by atoms with Gasteiger partial charge in [-0.1, -0.05) is 6.08 Å². The molecule has 3 N–H and O–H groups in total. The highest BCUT2D eigenvalue weighted by atomic mass is 19.3. The lowest BCUT2D eigenvalue weighted by atomic mass is 10.1. The number of hydrogen-bond acceptors (Lipinski definition) is 3. The number of nitrogens with two attached hydrogens (primary N) is 1. The van der Waals surface area contributed by atoms with Gasteiger partial charge >= 0.3 is 0 Å². The lowest BCUT2D eigenvalue weighted by Gasteiger charge is -2.09. The highest BCUT2D eigenvalue weighted by Gasteiger charge is 2.28. The maximum Gasteiger partial charge on any atom is 0.280 e. The molecule has 1 saturated carbocycles. The second kappa shape index (κ2) is 6.12. The molecule has 1 amide bonds. The van der Waals surface area contributed by atoms with Crippen LogP contribution in [0.4, 0.5) is 8.78 Å². The summed E-state index contributed by atoms with van der Waals surface area (Å²) in [7, 11) is 0. The molecule has 1 aliphatic carbocycles. The van der Waals surface area contributed by atoms with Gasteiger partial charge in [0, 0.05) is 12.2 Å². The molecule has 4 nitrogen and oxygen atoms in total. The van der Waals surface area contributed by atoms with Gasteiger partial charge in [0.1, 0.15) is 5.71 Å². The Balaban J connectivity index is 2.80. The van der Waals surface area contributed by atoms with Crippen molar-refractivity contribution >= 4 is 11.6 Å². The lowest BCUT2D eigenvalue weighted by molar-refractivity contribution is -0.117. The van der Waals surface area contributed by atoms with Crippen molar-refractivity contribution < 1.29 is 13.6 Å². The summed E-state index contributed by atoms with van der Waals surface area (Å²) in [6.07, 6.45) is 1.14. The van der Waals surface area contributed by atoms with Gasteiger partial charge in [-0.25, -0.2) is 8.78 Å². The van der Waals surface area contributed by atoms with Crippen molar-refractivity contribution in [3.63, 3.8) is 0 Å². The molecule has 1 rings (SSSR count). The Kier molecular flexibility index (Phi) is 4.81. The largest absolute Gasteiger partial charge is 0.404 e. The highest BCUT2D eigenvalue weighted by molar-refractivity contribution is 6.22. The van der Waals surface area contributed by atoms with E-state index in [0.29, 0.717) is 0 Å². The van der Waals surface area contributed by atoms with Crippen LogP contribution in [0.1, 0.15) is 12.8 Å². The van der Waals surface area contributed by atoms with Crippen molar-refractivity contribution in [3.8, 4) is 0 Å². The quantitative estimate of drug-likeness (QED) is 0.415. The fourth-order valence-electron chi connectivity index (χ4n) is 1.20. The summed E-state index contributed by atoms with van der Waals surface area (Å²) in [6.45, 7) is 3.40. The minimum Gasteiger partial charge on any atom is -0.404 e. The van der Waals surface area contributed by atoms with Gasteiger partial charge in [0.2, 0.25) is 0 Å². The molecule has 94 valence electrons. The first-order valence-electron chi connectivity index (χ1n) is 5.26. The molecular formula is C11H15F2N3O. The second-order valence-electron chi connectivity index (χ2n) is 3.64. The van der Waals surface area contributed by atoms with Crippen LogP contribution in [-0.4, -0.2) is 30.6 Å². The Labute approximate surface area is 98.3 Å². The van der Waals surface area contributed by atoms with Gasteiger partial charge < -0.3 is 11.1 Å². The Morgan fingerprint density at radius 1 is 1.59 bits per heavy atom. The summed E-state index contributed by atoms with van der Waals surface area (Å²) in [6, 6.07) is 0.0794. The van der Waals surface area contributed by atoms with Crippen molar-refractivity contribution in [2.75, 3.05) is 6.54 Å². The normalized spacial score (nSPS) is 17.1. The van der Waals surface area contributed by atoms with Crippen molar-refractivity contribution in [1.82, 2.24) is 5.32 Å². The van der Waals surface area contributed by atoms with Crippen LogP contribution >= 0.6 is 0 Å². The smallest absolute Gasteiger partial charge is 0.280 e. The van der Waals surface area contributed by atoms with E-state index in [1.165, 1.54) is 6.08 Å². The summed E-state index contributed by atoms with van der Waals surface area (Å²) in [4.78, 5) is 15.2. The third kappa shape index (κ3) is 3.97.